The summed E-state index contributed by atoms with van der Waals surface area (Å²) in [5.74, 6) is -0.0805. The summed E-state index contributed by atoms with van der Waals surface area (Å²) in [7, 11) is 0. The molecule has 7 heteroatoms. The second kappa shape index (κ2) is 5.12. The van der Waals surface area contributed by atoms with E-state index in [1.54, 1.807) is 16.6 Å². The third-order valence-corrected chi connectivity index (χ3v) is 3.92. The number of carbonyl (C=O) groups is 1. The molecule has 0 atom stereocenters. The van der Waals surface area contributed by atoms with Crippen LogP contribution in [-0.2, 0) is 0 Å². The molecule has 108 valence electrons. The fourth-order valence-electron chi connectivity index (χ4n) is 2.07. The Morgan fingerprint density at radius 2 is 2.05 bits per heavy atom. The number of hydrogen-bond acceptors (Lipinski definition) is 5. The Morgan fingerprint density at radius 3 is 2.77 bits per heavy atom. The first-order valence-corrected chi connectivity index (χ1v) is 7.38. The van der Waals surface area contributed by atoms with Gasteiger partial charge in [-0.2, -0.15) is 0 Å². The van der Waals surface area contributed by atoms with Crippen molar-refractivity contribution in [2.75, 3.05) is 5.32 Å². The van der Waals surface area contributed by atoms with Gasteiger partial charge in [0.1, 0.15) is 0 Å². The van der Waals surface area contributed by atoms with Gasteiger partial charge >= 0.3 is 0 Å². The molecule has 6 nitrogen and oxygen atoms in total. The van der Waals surface area contributed by atoms with E-state index >= 15 is 0 Å². The summed E-state index contributed by atoms with van der Waals surface area (Å²) in [6, 6.07) is 13.1. The number of aromatic nitrogens is 3. The molecule has 0 aliphatic rings. The van der Waals surface area contributed by atoms with Crippen LogP contribution < -0.4 is 5.32 Å². The zero-order valence-corrected chi connectivity index (χ0v) is 12.1. The van der Waals surface area contributed by atoms with Crippen LogP contribution in [0.15, 0.2) is 59.3 Å². The molecule has 0 bridgehead atoms. The van der Waals surface area contributed by atoms with Crippen molar-refractivity contribution in [2.45, 2.75) is 0 Å². The average Bonchev–Trinajstić information content (AvgIpc) is 3.23. The lowest BCUT2D eigenvalue weighted by atomic mass is 10.2. The highest BCUT2D eigenvalue weighted by Crippen LogP contribution is 2.24. The first kappa shape index (κ1) is 12.8. The lowest BCUT2D eigenvalue weighted by molar-refractivity contribution is 0.0996. The third kappa shape index (κ3) is 2.27. The van der Waals surface area contributed by atoms with Gasteiger partial charge in [0.2, 0.25) is 10.1 Å². The minimum absolute atomic E-state index is 0.248. The Bertz CT molecular complexity index is 894. The third-order valence-electron chi connectivity index (χ3n) is 3.08. The monoisotopic (exact) mass is 310 g/mol. The number of rotatable bonds is 3. The number of anilines is 1. The van der Waals surface area contributed by atoms with Gasteiger partial charge in [-0.05, 0) is 12.1 Å². The highest BCUT2D eigenvalue weighted by atomic mass is 32.1. The molecule has 4 rings (SSSR count). The number of carbonyl (C=O) groups excluding carboxylic acids is 1. The van der Waals surface area contributed by atoms with Crippen LogP contribution in [0.4, 0.5) is 5.13 Å². The predicted molar refractivity (Wildman–Crippen MR) is 83.0 cm³/mol. The summed E-state index contributed by atoms with van der Waals surface area (Å²) in [5.41, 5.74) is 1.88. The Labute approximate surface area is 129 Å². The molecular formula is C15H10N4O2S. The van der Waals surface area contributed by atoms with Crippen LogP contribution in [0.25, 0.3) is 16.2 Å². The molecule has 0 fully saturated rings. The minimum atomic E-state index is -0.328. The van der Waals surface area contributed by atoms with Crippen molar-refractivity contribution in [1.82, 2.24) is 14.6 Å². The normalized spacial score (nSPS) is 10.9. The van der Waals surface area contributed by atoms with Crippen LogP contribution in [0.2, 0.25) is 0 Å². The number of amides is 1. The topological polar surface area (TPSA) is 72.4 Å². The number of benzene rings is 1. The fraction of sp³-hybridized carbons (Fsp3) is 0. The van der Waals surface area contributed by atoms with Gasteiger partial charge in [0.25, 0.3) is 5.91 Å². The van der Waals surface area contributed by atoms with Crippen molar-refractivity contribution < 1.29 is 9.21 Å². The molecule has 0 spiro atoms. The molecule has 0 aliphatic heterocycles. The maximum atomic E-state index is 11.9. The quantitative estimate of drug-likeness (QED) is 0.630. The van der Waals surface area contributed by atoms with Crippen molar-refractivity contribution in [1.29, 1.82) is 0 Å². The molecule has 0 unspecified atom stereocenters. The van der Waals surface area contributed by atoms with E-state index in [0.29, 0.717) is 10.1 Å². The van der Waals surface area contributed by atoms with Crippen molar-refractivity contribution in [2.24, 2.45) is 0 Å². The van der Waals surface area contributed by atoms with E-state index in [0.717, 1.165) is 11.3 Å². The van der Waals surface area contributed by atoms with Crippen LogP contribution in [0, 0.1) is 0 Å². The summed E-state index contributed by atoms with van der Waals surface area (Å²) in [6.45, 7) is 0. The molecule has 3 aromatic heterocycles. The van der Waals surface area contributed by atoms with E-state index in [1.807, 2.05) is 36.5 Å². The molecule has 3 heterocycles. The summed E-state index contributed by atoms with van der Waals surface area (Å²) in [4.78, 5) is 17.1. The van der Waals surface area contributed by atoms with Crippen molar-refractivity contribution in [3.05, 3.63) is 60.7 Å². The van der Waals surface area contributed by atoms with Crippen molar-refractivity contribution in [3.63, 3.8) is 0 Å². The number of furan rings is 1. The Kier molecular flexibility index (Phi) is 2.97. The average molecular weight is 310 g/mol. The summed E-state index contributed by atoms with van der Waals surface area (Å²) < 4.78 is 6.70. The van der Waals surface area contributed by atoms with Crippen LogP contribution in [0.1, 0.15) is 10.6 Å². The van der Waals surface area contributed by atoms with Gasteiger partial charge in [-0.15, -0.1) is 5.10 Å². The van der Waals surface area contributed by atoms with Crippen molar-refractivity contribution in [3.8, 4) is 11.3 Å². The highest BCUT2D eigenvalue weighted by Gasteiger charge is 2.14. The smallest absolute Gasteiger partial charge is 0.293 e. The number of nitrogens with zero attached hydrogens (tertiary/aromatic N) is 3. The lowest BCUT2D eigenvalue weighted by Gasteiger charge is -1.96. The summed E-state index contributed by atoms with van der Waals surface area (Å²) >= 11 is 1.31. The molecule has 0 aliphatic carbocycles. The minimum Gasteiger partial charge on any atom is -0.459 e. The zero-order valence-electron chi connectivity index (χ0n) is 11.3. The molecule has 1 N–H and O–H groups in total. The maximum Gasteiger partial charge on any atom is 0.293 e. The Balaban J connectivity index is 1.60. The summed E-state index contributed by atoms with van der Waals surface area (Å²) in [6.07, 6.45) is 3.29. The largest absolute Gasteiger partial charge is 0.459 e. The zero-order chi connectivity index (χ0) is 14.9. The molecule has 1 amide bonds. The first-order chi connectivity index (χ1) is 10.8. The van der Waals surface area contributed by atoms with E-state index in [-0.39, 0.29) is 11.7 Å². The number of imidazole rings is 1. The standard InChI is InChI=1S/C15H10N4O2S/c20-13(12-7-4-8-21-12)17-14-18-19-9-11(16-15(19)22-14)10-5-2-1-3-6-10/h1-9H,(H,17,18,20). The van der Waals surface area contributed by atoms with E-state index in [1.165, 1.54) is 17.6 Å². The molecule has 0 saturated heterocycles. The van der Waals surface area contributed by atoms with Gasteiger partial charge in [-0.25, -0.2) is 9.50 Å². The van der Waals surface area contributed by atoms with Crippen LogP contribution in [-0.4, -0.2) is 20.5 Å². The molecule has 1 aromatic carbocycles. The fourth-order valence-corrected chi connectivity index (χ4v) is 2.84. The van der Waals surface area contributed by atoms with Gasteiger partial charge in [-0.1, -0.05) is 41.7 Å². The maximum absolute atomic E-state index is 11.9. The number of hydrogen-bond donors (Lipinski definition) is 1. The van der Waals surface area contributed by atoms with Crippen LogP contribution in [0.3, 0.4) is 0 Å². The van der Waals surface area contributed by atoms with Gasteiger partial charge in [0, 0.05) is 5.56 Å². The lowest BCUT2D eigenvalue weighted by Crippen LogP contribution is -2.10. The highest BCUT2D eigenvalue weighted by molar-refractivity contribution is 7.20. The Morgan fingerprint density at radius 1 is 1.18 bits per heavy atom. The predicted octanol–water partition coefficient (Wildman–Crippen LogP) is 3.30. The molecule has 4 aromatic rings. The summed E-state index contributed by atoms with van der Waals surface area (Å²) in [5, 5.41) is 7.48. The first-order valence-electron chi connectivity index (χ1n) is 6.56. The molecule has 0 radical (unpaired) electrons. The van der Waals surface area contributed by atoms with E-state index in [9.17, 15) is 4.79 Å². The number of nitrogens with one attached hydrogen (secondary N) is 1. The van der Waals surface area contributed by atoms with Gasteiger partial charge in [0.05, 0.1) is 18.2 Å². The van der Waals surface area contributed by atoms with E-state index < -0.39 is 0 Å². The number of fused-ring (bicyclic) bond motifs is 1. The van der Waals surface area contributed by atoms with Crippen molar-refractivity contribution >= 4 is 27.3 Å². The SMILES string of the molecule is O=C(Nc1nn2cc(-c3ccccc3)nc2s1)c1ccco1. The second-order valence-corrected chi connectivity index (χ2v) is 5.51. The molecular weight excluding hydrogens is 300 g/mol. The Hall–Kier alpha value is -2.93. The van der Waals surface area contributed by atoms with E-state index in [4.69, 9.17) is 4.42 Å². The van der Waals surface area contributed by atoms with Crippen LogP contribution >= 0.6 is 11.3 Å². The van der Waals surface area contributed by atoms with Gasteiger partial charge in [0.15, 0.2) is 5.76 Å². The van der Waals surface area contributed by atoms with E-state index in [2.05, 4.69) is 15.4 Å². The van der Waals surface area contributed by atoms with Gasteiger partial charge in [-0.3, -0.25) is 10.1 Å². The van der Waals surface area contributed by atoms with Crippen LogP contribution in [0.5, 0.6) is 0 Å². The molecule has 0 saturated carbocycles. The van der Waals surface area contributed by atoms with Gasteiger partial charge < -0.3 is 4.42 Å². The molecule has 22 heavy (non-hydrogen) atoms. The second-order valence-electron chi connectivity index (χ2n) is 4.56.